The summed E-state index contributed by atoms with van der Waals surface area (Å²) in [5, 5.41) is 3.49. The molecule has 1 aromatic heterocycles. The molecule has 20 heavy (non-hydrogen) atoms. The van der Waals surface area contributed by atoms with Crippen molar-refractivity contribution in [2.24, 2.45) is 0 Å². The first-order chi connectivity index (χ1) is 9.72. The van der Waals surface area contributed by atoms with E-state index in [9.17, 15) is 0 Å². The number of pyridine rings is 1. The Morgan fingerprint density at radius 3 is 3.10 bits per heavy atom. The number of hydrogen-bond acceptors (Lipinski definition) is 4. The SMILES string of the molecule is CCCNCc1ccncc1N(C)C1CCCN(C)C1. The maximum Gasteiger partial charge on any atom is 0.0598 e. The van der Waals surface area contributed by atoms with Gasteiger partial charge in [0.2, 0.25) is 0 Å². The highest BCUT2D eigenvalue weighted by Gasteiger charge is 2.22. The second-order valence-corrected chi connectivity index (χ2v) is 5.85. The van der Waals surface area contributed by atoms with Crippen molar-refractivity contribution in [2.75, 3.05) is 38.6 Å². The minimum Gasteiger partial charge on any atom is -0.369 e. The molecule has 2 rings (SSSR count). The topological polar surface area (TPSA) is 31.4 Å². The van der Waals surface area contributed by atoms with Crippen LogP contribution < -0.4 is 10.2 Å². The molecule has 0 saturated carbocycles. The predicted molar refractivity (Wildman–Crippen MR) is 85.2 cm³/mol. The van der Waals surface area contributed by atoms with Gasteiger partial charge in [-0.15, -0.1) is 0 Å². The van der Waals surface area contributed by atoms with Gasteiger partial charge in [-0.3, -0.25) is 4.98 Å². The zero-order chi connectivity index (χ0) is 14.4. The van der Waals surface area contributed by atoms with Crippen LogP contribution in [0.3, 0.4) is 0 Å². The maximum absolute atomic E-state index is 4.33. The smallest absolute Gasteiger partial charge is 0.0598 e. The summed E-state index contributed by atoms with van der Waals surface area (Å²) in [5.41, 5.74) is 2.63. The summed E-state index contributed by atoms with van der Waals surface area (Å²) in [7, 11) is 4.43. The highest BCUT2D eigenvalue weighted by molar-refractivity contribution is 5.52. The molecule has 4 nitrogen and oxygen atoms in total. The third-order valence-electron chi connectivity index (χ3n) is 4.16. The van der Waals surface area contributed by atoms with Crippen molar-refractivity contribution in [3.05, 3.63) is 24.0 Å². The van der Waals surface area contributed by atoms with Crippen molar-refractivity contribution < 1.29 is 0 Å². The second-order valence-electron chi connectivity index (χ2n) is 5.85. The summed E-state index contributed by atoms with van der Waals surface area (Å²) < 4.78 is 0. The van der Waals surface area contributed by atoms with Crippen LogP contribution >= 0.6 is 0 Å². The molecule has 1 aromatic rings. The lowest BCUT2D eigenvalue weighted by molar-refractivity contribution is 0.248. The molecule has 2 heterocycles. The summed E-state index contributed by atoms with van der Waals surface area (Å²) in [5.74, 6) is 0. The van der Waals surface area contributed by atoms with Gasteiger partial charge in [0, 0.05) is 32.4 Å². The lowest BCUT2D eigenvalue weighted by atomic mass is 10.0. The van der Waals surface area contributed by atoms with Crippen LogP contribution in [0, 0.1) is 0 Å². The van der Waals surface area contributed by atoms with Gasteiger partial charge in [0.25, 0.3) is 0 Å². The molecule has 1 N–H and O–H groups in total. The molecule has 1 atom stereocenters. The van der Waals surface area contributed by atoms with Gasteiger partial charge in [-0.25, -0.2) is 0 Å². The van der Waals surface area contributed by atoms with E-state index in [1.165, 1.54) is 37.1 Å². The number of likely N-dealkylation sites (N-methyl/N-ethyl adjacent to an activating group) is 2. The molecule has 1 saturated heterocycles. The van der Waals surface area contributed by atoms with Crippen molar-refractivity contribution in [3.8, 4) is 0 Å². The van der Waals surface area contributed by atoms with Gasteiger partial charge >= 0.3 is 0 Å². The monoisotopic (exact) mass is 276 g/mol. The average molecular weight is 276 g/mol. The number of nitrogens with one attached hydrogen (secondary N) is 1. The zero-order valence-corrected chi connectivity index (χ0v) is 13.1. The van der Waals surface area contributed by atoms with Crippen molar-refractivity contribution >= 4 is 5.69 Å². The Hall–Kier alpha value is -1.13. The van der Waals surface area contributed by atoms with Crippen LogP contribution in [0.4, 0.5) is 5.69 Å². The molecule has 0 radical (unpaired) electrons. The van der Waals surface area contributed by atoms with Gasteiger partial charge in [0.1, 0.15) is 0 Å². The molecule has 1 unspecified atom stereocenters. The number of rotatable bonds is 6. The van der Waals surface area contributed by atoms with Gasteiger partial charge in [0.15, 0.2) is 0 Å². The molecule has 1 fully saturated rings. The van der Waals surface area contributed by atoms with Crippen LogP contribution in [0.2, 0.25) is 0 Å². The Morgan fingerprint density at radius 2 is 2.35 bits per heavy atom. The van der Waals surface area contributed by atoms with E-state index in [1.54, 1.807) is 0 Å². The summed E-state index contributed by atoms with van der Waals surface area (Å²) >= 11 is 0. The number of aromatic nitrogens is 1. The fourth-order valence-electron chi connectivity index (χ4n) is 2.93. The molecule has 1 aliphatic heterocycles. The Labute approximate surface area is 123 Å². The van der Waals surface area contributed by atoms with E-state index in [4.69, 9.17) is 0 Å². The number of piperidine rings is 1. The van der Waals surface area contributed by atoms with Gasteiger partial charge < -0.3 is 15.1 Å². The molecular weight excluding hydrogens is 248 g/mol. The van der Waals surface area contributed by atoms with Crippen LogP contribution in [-0.4, -0.2) is 49.7 Å². The maximum atomic E-state index is 4.33. The first-order valence-electron chi connectivity index (χ1n) is 7.77. The molecule has 1 aliphatic rings. The number of hydrogen-bond donors (Lipinski definition) is 1. The largest absolute Gasteiger partial charge is 0.369 e. The van der Waals surface area contributed by atoms with Gasteiger partial charge in [-0.05, 0) is 51.0 Å². The molecule has 0 spiro atoms. The zero-order valence-electron chi connectivity index (χ0n) is 13.1. The van der Waals surface area contributed by atoms with Crippen molar-refractivity contribution in [1.29, 1.82) is 0 Å². The fourth-order valence-corrected chi connectivity index (χ4v) is 2.93. The summed E-state index contributed by atoms with van der Waals surface area (Å²) in [6.07, 6.45) is 7.64. The molecule has 112 valence electrons. The third kappa shape index (κ3) is 3.93. The van der Waals surface area contributed by atoms with Crippen LogP contribution in [0.5, 0.6) is 0 Å². The van der Waals surface area contributed by atoms with Crippen LogP contribution in [-0.2, 0) is 6.54 Å². The fraction of sp³-hybridized carbons (Fsp3) is 0.688. The number of nitrogens with zero attached hydrogens (tertiary/aromatic N) is 3. The highest BCUT2D eigenvalue weighted by Crippen LogP contribution is 2.23. The van der Waals surface area contributed by atoms with Crippen molar-refractivity contribution in [3.63, 3.8) is 0 Å². The Balaban J connectivity index is 2.06. The normalized spacial score (nSPS) is 20.1. The van der Waals surface area contributed by atoms with Crippen LogP contribution in [0.25, 0.3) is 0 Å². The number of likely N-dealkylation sites (tertiary alicyclic amines) is 1. The first-order valence-corrected chi connectivity index (χ1v) is 7.77. The quantitative estimate of drug-likeness (QED) is 0.806. The van der Waals surface area contributed by atoms with Crippen LogP contribution in [0.15, 0.2) is 18.5 Å². The van der Waals surface area contributed by atoms with E-state index in [0.717, 1.165) is 19.6 Å². The van der Waals surface area contributed by atoms with Crippen molar-refractivity contribution in [2.45, 2.75) is 38.8 Å². The Kier molecular flexibility index (Phi) is 5.80. The Morgan fingerprint density at radius 1 is 1.50 bits per heavy atom. The first kappa shape index (κ1) is 15.3. The lowest BCUT2D eigenvalue weighted by Gasteiger charge is -2.37. The third-order valence-corrected chi connectivity index (χ3v) is 4.16. The predicted octanol–water partition coefficient (Wildman–Crippen LogP) is 2.11. The molecule has 0 aromatic carbocycles. The molecule has 0 amide bonds. The van der Waals surface area contributed by atoms with E-state index in [-0.39, 0.29) is 0 Å². The van der Waals surface area contributed by atoms with E-state index in [1.807, 2.05) is 12.4 Å². The Bertz CT molecular complexity index is 407. The lowest BCUT2D eigenvalue weighted by Crippen LogP contribution is -2.45. The second kappa shape index (κ2) is 7.60. The van der Waals surface area contributed by atoms with Crippen molar-refractivity contribution in [1.82, 2.24) is 15.2 Å². The van der Waals surface area contributed by atoms with E-state index >= 15 is 0 Å². The van der Waals surface area contributed by atoms with E-state index in [2.05, 4.69) is 47.2 Å². The molecule has 0 bridgehead atoms. The summed E-state index contributed by atoms with van der Waals surface area (Å²) in [4.78, 5) is 9.17. The minimum absolute atomic E-state index is 0.600. The molecule has 4 heteroatoms. The van der Waals surface area contributed by atoms with Gasteiger partial charge in [-0.1, -0.05) is 6.92 Å². The number of anilines is 1. The van der Waals surface area contributed by atoms with Gasteiger partial charge in [-0.2, -0.15) is 0 Å². The van der Waals surface area contributed by atoms with E-state index < -0.39 is 0 Å². The summed E-state index contributed by atoms with van der Waals surface area (Å²) in [6, 6.07) is 2.74. The van der Waals surface area contributed by atoms with Crippen LogP contribution in [0.1, 0.15) is 31.7 Å². The average Bonchev–Trinajstić information content (AvgIpc) is 2.47. The van der Waals surface area contributed by atoms with E-state index in [0.29, 0.717) is 6.04 Å². The minimum atomic E-state index is 0.600. The highest BCUT2D eigenvalue weighted by atomic mass is 15.2. The molecular formula is C16H28N4. The standard InChI is InChI=1S/C16H28N4/c1-4-8-17-11-14-7-9-18-12-16(14)20(3)15-6-5-10-19(2)13-15/h7,9,12,15,17H,4-6,8,10-11,13H2,1-3H3. The summed E-state index contributed by atoms with van der Waals surface area (Å²) in [6.45, 7) is 6.57. The van der Waals surface area contributed by atoms with Gasteiger partial charge in [0.05, 0.1) is 11.9 Å². The molecule has 0 aliphatic carbocycles.